The summed E-state index contributed by atoms with van der Waals surface area (Å²) in [7, 11) is 1.39. The molecule has 1 heterocycles. The summed E-state index contributed by atoms with van der Waals surface area (Å²) in [6, 6.07) is 19.4. The number of nitrogens with zero attached hydrogens (tertiary/aromatic N) is 2. The minimum absolute atomic E-state index is 0.159. The summed E-state index contributed by atoms with van der Waals surface area (Å²) in [4.78, 5) is 17.0. The number of halogens is 1. The van der Waals surface area contributed by atoms with E-state index in [1.807, 2.05) is 65.2 Å². The molecule has 0 atom stereocenters. The summed E-state index contributed by atoms with van der Waals surface area (Å²) >= 11 is 6.26. The van der Waals surface area contributed by atoms with Crippen LogP contribution in [0.3, 0.4) is 0 Å². The van der Waals surface area contributed by atoms with Gasteiger partial charge in [-0.1, -0.05) is 73.5 Å². The fourth-order valence-electron chi connectivity index (χ4n) is 4.18. The SMILES string of the molecule is CCCCc1nc(Cl)c(CO)n1Cc1ccc(OCc2ccc3ccccc3c2C(=O)OC)cc1. The molecule has 0 amide bonds. The summed E-state index contributed by atoms with van der Waals surface area (Å²) in [5.41, 5.74) is 2.96. The lowest BCUT2D eigenvalue weighted by molar-refractivity contribution is 0.0600. The van der Waals surface area contributed by atoms with Crippen LogP contribution in [0.25, 0.3) is 10.8 Å². The van der Waals surface area contributed by atoms with Crippen LogP contribution in [-0.2, 0) is 30.9 Å². The van der Waals surface area contributed by atoms with E-state index in [1.165, 1.54) is 7.11 Å². The number of esters is 1. The minimum atomic E-state index is -0.381. The summed E-state index contributed by atoms with van der Waals surface area (Å²) < 4.78 is 13.0. The molecule has 0 saturated carbocycles. The smallest absolute Gasteiger partial charge is 0.338 e. The number of fused-ring (bicyclic) bond motifs is 1. The second-order valence-electron chi connectivity index (χ2n) is 8.36. The zero-order valence-electron chi connectivity index (χ0n) is 20.0. The Morgan fingerprint density at radius 1 is 1.09 bits per heavy atom. The van der Waals surface area contributed by atoms with Crippen LogP contribution in [0.2, 0.25) is 5.15 Å². The number of carbonyl (C=O) groups excluding carboxylic acids is 1. The fraction of sp³-hybridized carbons (Fsp3) is 0.286. The Balaban J connectivity index is 1.51. The Labute approximate surface area is 210 Å². The van der Waals surface area contributed by atoms with Gasteiger partial charge >= 0.3 is 5.97 Å². The van der Waals surface area contributed by atoms with Crippen molar-refractivity contribution in [3.63, 3.8) is 0 Å². The Bertz CT molecular complexity index is 1310. The maximum atomic E-state index is 12.5. The number of hydrogen-bond acceptors (Lipinski definition) is 5. The number of aliphatic hydroxyl groups excluding tert-OH is 1. The average Bonchev–Trinajstić information content (AvgIpc) is 3.19. The van der Waals surface area contributed by atoms with Crippen molar-refractivity contribution < 1.29 is 19.4 Å². The van der Waals surface area contributed by atoms with Crippen LogP contribution in [-0.4, -0.2) is 27.7 Å². The van der Waals surface area contributed by atoms with Crippen molar-refractivity contribution in [2.45, 2.75) is 45.9 Å². The van der Waals surface area contributed by atoms with E-state index in [4.69, 9.17) is 21.1 Å². The number of unbranched alkanes of at least 4 members (excludes halogenated alkanes) is 1. The third kappa shape index (κ3) is 5.50. The van der Waals surface area contributed by atoms with Crippen LogP contribution in [0.5, 0.6) is 5.75 Å². The number of ether oxygens (including phenoxy) is 2. The number of aromatic nitrogens is 2. The topological polar surface area (TPSA) is 73.6 Å². The van der Waals surface area contributed by atoms with Crippen LogP contribution < -0.4 is 4.74 Å². The van der Waals surface area contributed by atoms with Crippen molar-refractivity contribution in [1.82, 2.24) is 9.55 Å². The van der Waals surface area contributed by atoms with Crippen LogP contribution in [0.4, 0.5) is 0 Å². The first kappa shape index (κ1) is 24.8. The Kier molecular flexibility index (Phi) is 8.06. The molecule has 7 heteroatoms. The molecule has 4 rings (SSSR count). The van der Waals surface area contributed by atoms with E-state index < -0.39 is 0 Å². The predicted molar refractivity (Wildman–Crippen MR) is 137 cm³/mol. The number of hydrogen-bond donors (Lipinski definition) is 1. The average molecular weight is 493 g/mol. The van der Waals surface area contributed by atoms with Gasteiger partial charge < -0.3 is 19.1 Å². The van der Waals surface area contributed by atoms with E-state index in [0.29, 0.717) is 28.7 Å². The fourth-order valence-corrected chi connectivity index (χ4v) is 4.44. The number of benzene rings is 3. The molecule has 0 aliphatic heterocycles. The van der Waals surface area contributed by atoms with Gasteiger partial charge in [-0.15, -0.1) is 0 Å². The third-order valence-electron chi connectivity index (χ3n) is 6.07. The van der Waals surface area contributed by atoms with E-state index >= 15 is 0 Å². The number of imidazole rings is 1. The normalized spacial score (nSPS) is 11.1. The molecule has 0 saturated heterocycles. The molecular weight excluding hydrogens is 464 g/mol. The largest absolute Gasteiger partial charge is 0.489 e. The molecule has 0 radical (unpaired) electrons. The number of aliphatic hydroxyl groups is 1. The highest BCUT2D eigenvalue weighted by molar-refractivity contribution is 6.30. The van der Waals surface area contributed by atoms with Gasteiger partial charge in [0, 0.05) is 18.5 Å². The molecule has 1 N–H and O–H groups in total. The second-order valence-corrected chi connectivity index (χ2v) is 8.72. The lowest BCUT2D eigenvalue weighted by Crippen LogP contribution is -2.10. The monoisotopic (exact) mass is 492 g/mol. The van der Waals surface area contributed by atoms with Gasteiger partial charge in [-0.3, -0.25) is 0 Å². The van der Waals surface area contributed by atoms with Gasteiger partial charge in [0.2, 0.25) is 0 Å². The van der Waals surface area contributed by atoms with Crippen molar-refractivity contribution in [2.75, 3.05) is 7.11 Å². The first-order chi connectivity index (χ1) is 17.0. The first-order valence-electron chi connectivity index (χ1n) is 11.7. The summed E-state index contributed by atoms with van der Waals surface area (Å²) in [6.07, 6.45) is 2.87. The van der Waals surface area contributed by atoms with Crippen LogP contribution in [0.15, 0.2) is 60.7 Å². The van der Waals surface area contributed by atoms with E-state index in [2.05, 4.69) is 11.9 Å². The van der Waals surface area contributed by atoms with Gasteiger partial charge in [-0.05, 0) is 34.9 Å². The highest BCUT2D eigenvalue weighted by atomic mass is 35.5. The van der Waals surface area contributed by atoms with Gasteiger partial charge in [0.1, 0.15) is 18.2 Å². The van der Waals surface area contributed by atoms with Crippen molar-refractivity contribution in [3.8, 4) is 5.75 Å². The number of rotatable bonds is 10. The summed E-state index contributed by atoms with van der Waals surface area (Å²) in [5.74, 6) is 1.19. The third-order valence-corrected chi connectivity index (χ3v) is 6.37. The molecule has 182 valence electrons. The molecule has 6 nitrogen and oxygen atoms in total. The molecule has 0 aliphatic carbocycles. The number of aryl methyl sites for hydroxylation is 1. The standard InChI is InChI=1S/C28H29ClN2O4/c1-3-4-9-25-30-27(29)24(17-32)31(25)16-19-10-14-22(15-11-19)35-18-21-13-12-20-7-5-6-8-23(20)26(21)28(33)34-2/h5-8,10-15,32H,3-4,9,16-18H2,1-2H3. The van der Waals surface area contributed by atoms with Gasteiger partial charge in [-0.2, -0.15) is 0 Å². The van der Waals surface area contributed by atoms with Gasteiger partial charge in [0.15, 0.2) is 5.15 Å². The highest BCUT2D eigenvalue weighted by Crippen LogP contribution is 2.26. The Morgan fingerprint density at radius 3 is 2.57 bits per heavy atom. The van der Waals surface area contributed by atoms with Crippen LogP contribution in [0.1, 0.15) is 52.8 Å². The molecular formula is C28H29ClN2O4. The Morgan fingerprint density at radius 2 is 1.86 bits per heavy atom. The quantitative estimate of drug-likeness (QED) is 0.277. The maximum Gasteiger partial charge on any atom is 0.338 e. The van der Waals surface area contributed by atoms with Crippen molar-refractivity contribution >= 4 is 28.3 Å². The minimum Gasteiger partial charge on any atom is -0.489 e. The highest BCUT2D eigenvalue weighted by Gasteiger charge is 2.17. The molecule has 0 aliphatic rings. The van der Waals surface area contributed by atoms with E-state index in [1.54, 1.807) is 0 Å². The lowest BCUT2D eigenvalue weighted by Gasteiger charge is -2.14. The summed E-state index contributed by atoms with van der Waals surface area (Å²) in [6.45, 7) is 2.77. The van der Waals surface area contributed by atoms with E-state index in [0.717, 1.165) is 47.0 Å². The Hall–Kier alpha value is -3.35. The predicted octanol–water partition coefficient (Wildman–Crippen LogP) is 5.94. The molecule has 0 bridgehead atoms. The van der Waals surface area contributed by atoms with Crippen molar-refractivity contribution in [1.29, 1.82) is 0 Å². The lowest BCUT2D eigenvalue weighted by atomic mass is 9.99. The van der Waals surface area contributed by atoms with Gasteiger partial charge in [0.25, 0.3) is 0 Å². The maximum absolute atomic E-state index is 12.5. The van der Waals surface area contributed by atoms with Crippen molar-refractivity contribution in [3.05, 3.63) is 94.0 Å². The number of carbonyl (C=O) groups is 1. The molecule has 35 heavy (non-hydrogen) atoms. The summed E-state index contributed by atoms with van der Waals surface area (Å²) in [5, 5.41) is 12.0. The van der Waals surface area contributed by atoms with E-state index in [-0.39, 0.29) is 19.2 Å². The molecule has 0 unspecified atom stereocenters. The molecule has 0 fully saturated rings. The van der Waals surface area contributed by atoms with Crippen molar-refractivity contribution in [2.24, 2.45) is 0 Å². The van der Waals surface area contributed by atoms with E-state index in [9.17, 15) is 9.90 Å². The molecule has 1 aromatic heterocycles. The second kappa shape index (κ2) is 11.4. The molecule has 0 spiro atoms. The molecule has 3 aromatic carbocycles. The number of methoxy groups -OCH3 is 1. The van der Waals surface area contributed by atoms with Crippen LogP contribution >= 0.6 is 11.6 Å². The zero-order chi connectivity index (χ0) is 24.8. The van der Waals surface area contributed by atoms with Crippen LogP contribution in [0, 0.1) is 0 Å². The first-order valence-corrected chi connectivity index (χ1v) is 12.1. The van der Waals surface area contributed by atoms with Gasteiger partial charge in [0.05, 0.1) is 25.0 Å². The van der Waals surface area contributed by atoms with Gasteiger partial charge in [-0.25, -0.2) is 9.78 Å². The zero-order valence-corrected chi connectivity index (χ0v) is 20.7. The molecule has 4 aromatic rings.